The summed E-state index contributed by atoms with van der Waals surface area (Å²) in [5.74, 6) is 0.251. The molecule has 222 valence electrons. The van der Waals surface area contributed by atoms with Crippen molar-refractivity contribution in [2.75, 3.05) is 4.90 Å². The molecule has 2 heterocycles. The molecular weight excluding hydrogens is 574 g/mol. The van der Waals surface area contributed by atoms with Crippen LogP contribution in [0, 0.1) is 0 Å². The van der Waals surface area contributed by atoms with Crippen molar-refractivity contribution >= 4 is 82.5 Å². The van der Waals surface area contributed by atoms with Crippen LogP contribution in [0.5, 0.6) is 0 Å². The van der Waals surface area contributed by atoms with Crippen molar-refractivity contribution in [2.24, 2.45) is 0 Å². The summed E-state index contributed by atoms with van der Waals surface area (Å²) in [4.78, 5) is 2.41. The van der Waals surface area contributed by atoms with Crippen molar-refractivity contribution in [2.45, 2.75) is 12.3 Å². The van der Waals surface area contributed by atoms with E-state index in [0.29, 0.717) is 0 Å². The van der Waals surface area contributed by atoms with Gasteiger partial charge in [0.2, 0.25) is 0 Å². The number of rotatable bonds is 4. The Kier molecular flexibility index (Phi) is 5.70. The average molecular weight is 604 g/mol. The maximum Gasteiger partial charge on any atom is 0.141 e. The smallest absolute Gasteiger partial charge is 0.141 e. The van der Waals surface area contributed by atoms with E-state index < -0.39 is 0 Å². The minimum Gasteiger partial charge on any atom is -0.456 e. The summed E-state index contributed by atoms with van der Waals surface area (Å²) in [6, 6.07) is 47.6. The molecule has 0 aliphatic heterocycles. The van der Waals surface area contributed by atoms with E-state index >= 15 is 0 Å². The van der Waals surface area contributed by atoms with E-state index in [-0.39, 0.29) is 5.92 Å². The van der Waals surface area contributed by atoms with Gasteiger partial charge in [0.25, 0.3) is 0 Å². The molecule has 1 aliphatic carbocycles. The third-order valence-electron chi connectivity index (χ3n) is 9.76. The number of allylic oxidation sites excluding steroid dienone is 4. The second-order valence-electron chi connectivity index (χ2n) is 12.4. The van der Waals surface area contributed by atoms with E-state index in [1.807, 2.05) is 12.1 Å². The predicted octanol–water partition coefficient (Wildman–Crippen LogP) is 12.9. The van der Waals surface area contributed by atoms with Crippen molar-refractivity contribution in [1.29, 1.82) is 0 Å². The summed E-state index contributed by atoms with van der Waals surface area (Å²) in [6.45, 7) is 0. The lowest BCUT2D eigenvalue weighted by molar-refractivity contribution is 0.657. The molecule has 0 saturated heterocycles. The van der Waals surface area contributed by atoms with Crippen molar-refractivity contribution in [3.05, 3.63) is 163 Å². The topological polar surface area (TPSA) is 29.5 Å². The van der Waals surface area contributed by atoms with Gasteiger partial charge in [-0.1, -0.05) is 115 Å². The van der Waals surface area contributed by atoms with Gasteiger partial charge < -0.3 is 13.7 Å². The van der Waals surface area contributed by atoms with Gasteiger partial charge in [0, 0.05) is 27.9 Å². The maximum absolute atomic E-state index is 6.76. The van der Waals surface area contributed by atoms with Gasteiger partial charge in [0.15, 0.2) is 0 Å². The van der Waals surface area contributed by atoms with E-state index in [0.717, 1.165) is 67.4 Å². The third kappa shape index (κ3) is 4.00. The van der Waals surface area contributed by atoms with Crippen molar-refractivity contribution in [3.63, 3.8) is 0 Å². The quantitative estimate of drug-likeness (QED) is 0.187. The van der Waals surface area contributed by atoms with Crippen molar-refractivity contribution in [1.82, 2.24) is 0 Å². The number of hydrogen-bond donors (Lipinski definition) is 0. The van der Waals surface area contributed by atoms with Crippen LogP contribution in [0.4, 0.5) is 17.1 Å². The summed E-state index contributed by atoms with van der Waals surface area (Å²) in [6.07, 6.45) is 9.74. The molecule has 0 N–H and O–H groups in total. The Morgan fingerprint density at radius 1 is 0.511 bits per heavy atom. The zero-order chi connectivity index (χ0) is 30.9. The number of nitrogens with zero attached hydrogens (tertiary/aromatic N) is 1. The molecule has 2 aromatic heterocycles. The first-order valence-corrected chi connectivity index (χ1v) is 16.2. The van der Waals surface area contributed by atoms with Gasteiger partial charge in [-0.2, -0.15) is 0 Å². The van der Waals surface area contributed by atoms with E-state index in [1.54, 1.807) is 0 Å². The highest BCUT2D eigenvalue weighted by Crippen LogP contribution is 2.49. The van der Waals surface area contributed by atoms with Gasteiger partial charge in [-0.05, 0) is 70.4 Å². The molecule has 0 spiro atoms. The number of para-hydroxylation sites is 2. The molecule has 1 atom stereocenters. The molecule has 3 heteroatoms. The van der Waals surface area contributed by atoms with Crippen molar-refractivity contribution < 1.29 is 8.83 Å². The molecular formula is C44H29NO2. The van der Waals surface area contributed by atoms with E-state index in [4.69, 9.17) is 8.83 Å². The minimum absolute atomic E-state index is 0.251. The number of hydrogen-bond acceptors (Lipinski definition) is 3. The van der Waals surface area contributed by atoms with E-state index in [9.17, 15) is 0 Å². The van der Waals surface area contributed by atoms with Crippen LogP contribution in [0.1, 0.15) is 17.9 Å². The summed E-state index contributed by atoms with van der Waals surface area (Å²) in [7, 11) is 0. The normalized spacial score (nSPS) is 14.8. The number of anilines is 3. The Morgan fingerprint density at radius 2 is 1.21 bits per heavy atom. The number of fused-ring (bicyclic) bond motifs is 9. The van der Waals surface area contributed by atoms with Gasteiger partial charge in [-0.15, -0.1) is 0 Å². The molecule has 9 aromatic rings. The fraction of sp³-hybridized carbons (Fsp3) is 0.0455. The molecule has 0 fully saturated rings. The van der Waals surface area contributed by atoms with Gasteiger partial charge in [0.05, 0.1) is 22.1 Å². The van der Waals surface area contributed by atoms with Crippen LogP contribution in [0.15, 0.2) is 167 Å². The van der Waals surface area contributed by atoms with Crippen LogP contribution >= 0.6 is 0 Å². The molecule has 7 aromatic carbocycles. The predicted molar refractivity (Wildman–Crippen MR) is 196 cm³/mol. The van der Waals surface area contributed by atoms with Gasteiger partial charge in [-0.3, -0.25) is 0 Å². The molecule has 1 unspecified atom stereocenters. The molecule has 3 nitrogen and oxygen atoms in total. The van der Waals surface area contributed by atoms with Crippen LogP contribution in [0.2, 0.25) is 0 Å². The minimum atomic E-state index is 0.251. The lowest BCUT2D eigenvalue weighted by Gasteiger charge is -2.28. The largest absolute Gasteiger partial charge is 0.456 e. The maximum atomic E-state index is 6.76. The van der Waals surface area contributed by atoms with E-state index in [2.05, 4.69) is 151 Å². The van der Waals surface area contributed by atoms with Crippen molar-refractivity contribution in [3.8, 4) is 0 Å². The van der Waals surface area contributed by atoms with Crippen LogP contribution in [-0.2, 0) is 0 Å². The van der Waals surface area contributed by atoms with E-state index in [1.165, 1.54) is 27.1 Å². The van der Waals surface area contributed by atoms with Crippen LogP contribution < -0.4 is 4.90 Å². The molecule has 0 radical (unpaired) electrons. The second-order valence-corrected chi connectivity index (χ2v) is 12.4. The summed E-state index contributed by atoms with van der Waals surface area (Å²) < 4.78 is 13.2. The first-order valence-electron chi connectivity index (χ1n) is 16.2. The summed E-state index contributed by atoms with van der Waals surface area (Å²) in [5, 5.41) is 9.34. The fourth-order valence-corrected chi connectivity index (χ4v) is 7.61. The first kappa shape index (κ1) is 26.2. The Hall–Kier alpha value is -6.06. The molecule has 0 saturated carbocycles. The molecule has 10 rings (SSSR count). The lowest BCUT2D eigenvalue weighted by atomic mass is 9.90. The van der Waals surface area contributed by atoms with Gasteiger partial charge in [-0.25, -0.2) is 0 Å². The summed E-state index contributed by atoms with van der Waals surface area (Å²) >= 11 is 0. The number of furan rings is 2. The second kappa shape index (κ2) is 10.2. The Morgan fingerprint density at radius 3 is 2.06 bits per heavy atom. The zero-order valence-electron chi connectivity index (χ0n) is 25.6. The highest BCUT2D eigenvalue weighted by Gasteiger charge is 2.26. The van der Waals surface area contributed by atoms with Gasteiger partial charge >= 0.3 is 0 Å². The first-order chi connectivity index (χ1) is 23.3. The zero-order valence-corrected chi connectivity index (χ0v) is 25.6. The monoisotopic (exact) mass is 603 g/mol. The SMILES string of the molecule is C1=CCC(c2ccc(N(c3ccc4c(ccc5ccccc54)c3)c3cccc4oc5ccccc5c34)c3c2oc2ccccc23)C=C1. The van der Waals surface area contributed by atoms with Crippen LogP contribution in [0.25, 0.3) is 65.4 Å². The standard InChI is InChI=1S/C44H29NO2/c1-2-11-28(12-3-1)34-25-26-38(43-36-16-7-9-19-40(36)47-44(34)43)45(37-17-10-20-41-42(37)35-15-6-8-18-39(35)46-41)31-23-24-33-30(27-31)22-21-29-13-4-5-14-32(29)33/h1-11,13-28H,12H2. The molecule has 1 aliphatic rings. The Labute approximate surface area is 271 Å². The fourth-order valence-electron chi connectivity index (χ4n) is 7.61. The molecule has 0 amide bonds. The highest BCUT2D eigenvalue weighted by molar-refractivity contribution is 6.19. The Balaban J connectivity index is 1.31. The lowest BCUT2D eigenvalue weighted by Crippen LogP contribution is -2.11. The third-order valence-corrected chi connectivity index (χ3v) is 9.76. The van der Waals surface area contributed by atoms with Crippen LogP contribution in [0.3, 0.4) is 0 Å². The van der Waals surface area contributed by atoms with Gasteiger partial charge in [0.1, 0.15) is 22.3 Å². The summed E-state index contributed by atoms with van der Waals surface area (Å²) in [5.41, 5.74) is 7.99. The molecule has 47 heavy (non-hydrogen) atoms. The highest BCUT2D eigenvalue weighted by atomic mass is 16.3. The number of benzene rings is 7. The Bertz CT molecular complexity index is 2740. The van der Waals surface area contributed by atoms with Crippen LogP contribution in [-0.4, -0.2) is 0 Å². The average Bonchev–Trinajstić information content (AvgIpc) is 3.72. The molecule has 0 bridgehead atoms.